The summed E-state index contributed by atoms with van der Waals surface area (Å²) in [6.07, 6.45) is -2.26. The van der Waals surface area contributed by atoms with E-state index in [0.29, 0.717) is 11.2 Å². The Balaban J connectivity index is 1.80. The molecule has 188 valence electrons. The van der Waals surface area contributed by atoms with E-state index in [1.54, 1.807) is 0 Å². The summed E-state index contributed by atoms with van der Waals surface area (Å²) in [4.78, 5) is 15.7. The third-order valence-electron chi connectivity index (χ3n) is 6.26. The summed E-state index contributed by atoms with van der Waals surface area (Å²) >= 11 is 0. The molecule has 1 aliphatic rings. The maximum absolute atomic E-state index is 15.1. The molecule has 1 aliphatic carbocycles. The molecule has 6 nitrogen and oxygen atoms in total. The second-order valence-corrected chi connectivity index (χ2v) is 10.7. The highest BCUT2D eigenvalue weighted by Gasteiger charge is 2.40. The van der Waals surface area contributed by atoms with Gasteiger partial charge in [0.15, 0.2) is 5.82 Å². The van der Waals surface area contributed by atoms with Gasteiger partial charge in [0.05, 0.1) is 11.5 Å². The number of anilines is 2. The fraction of sp³-hybridized carbons (Fsp3) is 0.440. The van der Waals surface area contributed by atoms with Gasteiger partial charge in [0, 0.05) is 17.3 Å². The van der Waals surface area contributed by atoms with Crippen molar-refractivity contribution in [2.24, 2.45) is 10.8 Å². The van der Waals surface area contributed by atoms with Crippen LogP contribution in [0.25, 0.3) is 11.0 Å². The monoisotopic (exact) mass is 492 g/mol. The molecule has 35 heavy (non-hydrogen) atoms. The Morgan fingerprint density at radius 1 is 1.09 bits per heavy atom. The van der Waals surface area contributed by atoms with Crippen molar-refractivity contribution in [2.45, 2.75) is 59.4 Å². The Kier molecular flexibility index (Phi) is 5.97. The van der Waals surface area contributed by atoms with Gasteiger partial charge in [0.2, 0.25) is 5.95 Å². The standard InChI is InChI=1S/C25H27F4N3O3/c1-23(2)11-15(12-24(3,4)13-23)32-18-10-9-17(21(33)34)19(26)20(18)31-22(32)30-14-5-7-16(8-6-14)35-25(27,28)29/h5-10,15H,11-13H2,1-4H3,(H,30,31)(H,33,34)/p-1. The van der Waals surface area contributed by atoms with Gasteiger partial charge in [-0.1, -0.05) is 27.7 Å². The van der Waals surface area contributed by atoms with Crippen molar-refractivity contribution >= 4 is 28.6 Å². The van der Waals surface area contributed by atoms with Crippen LogP contribution >= 0.6 is 0 Å². The molecule has 0 radical (unpaired) electrons. The topological polar surface area (TPSA) is 79.2 Å². The van der Waals surface area contributed by atoms with Gasteiger partial charge < -0.3 is 24.5 Å². The fourth-order valence-corrected chi connectivity index (χ4v) is 5.58. The minimum Gasteiger partial charge on any atom is -0.545 e. The predicted octanol–water partition coefficient (Wildman–Crippen LogP) is 5.96. The van der Waals surface area contributed by atoms with E-state index in [1.807, 2.05) is 4.57 Å². The Labute approximate surface area is 199 Å². The molecule has 1 fully saturated rings. The van der Waals surface area contributed by atoms with Crippen molar-refractivity contribution in [3.63, 3.8) is 0 Å². The number of carboxylic acids is 1. The van der Waals surface area contributed by atoms with E-state index in [9.17, 15) is 23.1 Å². The second-order valence-electron chi connectivity index (χ2n) is 10.7. The normalized spacial score (nSPS) is 17.9. The van der Waals surface area contributed by atoms with E-state index in [0.717, 1.165) is 37.5 Å². The SMILES string of the molecule is CC1(C)CC(n2c(Nc3ccc(OC(F)(F)F)cc3)nc3c(F)c(C(=O)[O-])ccc32)CC(C)(C)C1. The van der Waals surface area contributed by atoms with Gasteiger partial charge in [-0.05, 0) is 66.5 Å². The lowest BCUT2D eigenvalue weighted by atomic mass is 9.63. The molecule has 0 saturated heterocycles. The third-order valence-corrected chi connectivity index (χ3v) is 6.26. The van der Waals surface area contributed by atoms with Crippen LogP contribution in [0.15, 0.2) is 36.4 Å². The molecular formula is C25H26F4N3O3-. The second kappa shape index (κ2) is 8.42. The highest BCUT2D eigenvalue weighted by molar-refractivity contribution is 5.92. The van der Waals surface area contributed by atoms with Crippen molar-refractivity contribution < 1.29 is 32.2 Å². The summed E-state index contributed by atoms with van der Waals surface area (Å²) in [5, 5.41) is 14.4. The van der Waals surface area contributed by atoms with Crippen LogP contribution in [0, 0.1) is 16.6 Å². The first kappa shape index (κ1) is 24.8. The van der Waals surface area contributed by atoms with Crippen molar-refractivity contribution in [3.05, 3.63) is 47.8 Å². The molecular weight excluding hydrogens is 466 g/mol. The maximum Gasteiger partial charge on any atom is 0.573 e. The molecule has 4 rings (SSSR count). The molecule has 1 heterocycles. The highest BCUT2D eigenvalue weighted by Crippen LogP contribution is 2.51. The Morgan fingerprint density at radius 2 is 1.69 bits per heavy atom. The van der Waals surface area contributed by atoms with Gasteiger partial charge in [-0.2, -0.15) is 0 Å². The summed E-state index contributed by atoms with van der Waals surface area (Å²) in [7, 11) is 0. The zero-order valence-corrected chi connectivity index (χ0v) is 19.8. The van der Waals surface area contributed by atoms with E-state index < -0.39 is 23.7 Å². The summed E-state index contributed by atoms with van der Waals surface area (Å²) in [5.74, 6) is -2.75. The van der Waals surface area contributed by atoms with Gasteiger partial charge in [0.1, 0.15) is 11.3 Å². The number of imidazole rings is 1. The zero-order valence-electron chi connectivity index (χ0n) is 19.8. The van der Waals surface area contributed by atoms with Gasteiger partial charge in [-0.3, -0.25) is 0 Å². The van der Waals surface area contributed by atoms with E-state index in [2.05, 4.69) is 42.7 Å². The number of benzene rings is 2. The first-order valence-electron chi connectivity index (χ1n) is 11.2. The van der Waals surface area contributed by atoms with Crippen LogP contribution in [0.1, 0.15) is 63.4 Å². The van der Waals surface area contributed by atoms with E-state index in [4.69, 9.17) is 0 Å². The molecule has 1 N–H and O–H groups in total. The molecule has 0 aliphatic heterocycles. The number of carboxylic acid groups (broad SMARTS) is 1. The number of nitrogens with zero attached hydrogens (tertiary/aromatic N) is 2. The first-order chi connectivity index (χ1) is 16.1. The van der Waals surface area contributed by atoms with Crippen LogP contribution in [0.5, 0.6) is 5.75 Å². The van der Waals surface area contributed by atoms with E-state index in [1.165, 1.54) is 18.2 Å². The average molecular weight is 492 g/mol. The molecule has 3 aromatic rings. The van der Waals surface area contributed by atoms with E-state index in [-0.39, 0.29) is 34.1 Å². The number of hydrogen-bond acceptors (Lipinski definition) is 5. The quantitative estimate of drug-likeness (QED) is 0.445. The Morgan fingerprint density at radius 3 is 2.23 bits per heavy atom. The smallest absolute Gasteiger partial charge is 0.545 e. The number of aromatic nitrogens is 2. The maximum atomic E-state index is 15.1. The number of halogens is 4. The zero-order chi connectivity index (χ0) is 25.8. The summed E-state index contributed by atoms with van der Waals surface area (Å²) < 4.78 is 58.3. The van der Waals surface area contributed by atoms with E-state index >= 15 is 4.39 Å². The Bertz CT molecular complexity index is 1250. The molecule has 0 spiro atoms. The number of carbonyl (C=O) groups excluding carboxylic acids is 1. The number of alkyl halides is 3. The lowest BCUT2D eigenvalue weighted by molar-refractivity contribution is -0.274. The summed E-state index contributed by atoms with van der Waals surface area (Å²) in [6, 6.07) is 7.69. The summed E-state index contributed by atoms with van der Waals surface area (Å²) in [5.41, 5.74) is 0.0937. The van der Waals surface area contributed by atoms with Crippen molar-refractivity contribution in [1.82, 2.24) is 9.55 Å². The fourth-order valence-electron chi connectivity index (χ4n) is 5.58. The van der Waals surface area contributed by atoms with Gasteiger partial charge in [-0.15, -0.1) is 13.2 Å². The minimum atomic E-state index is -4.81. The molecule has 0 amide bonds. The lowest BCUT2D eigenvalue weighted by Gasteiger charge is -2.45. The molecule has 0 atom stereocenters. The molecule has 10 heteroatoms. The van der Waals surface area contributed by atoms with Crippen molar-refractivity contribution in [2.75, 3.05) is 5.32 Å². The molecule has 1 aromatic heterocycles. The number of nitrogens with one attached hydrogen (secondary N) is 1. The van der Waals surface area contributed by atoms with Gasteiger partial charge >= 0.3 is 6.36 Å². The van der Waals surface area contributed by atoms with Crippen LogP contribution in [-0.2, 0) is 0 Å². The van der Waals surface area contributed by atoms with Crippen molar-refractivity contribution in [1.29, 1.82) is 0 Å². The largest absolute Gasteiger partial charge is 0.573 e. The molecule has 0 unspecified atom stereocenters. The minimum absolute atomic E-state index is 0.0136. The van der Waals surface area contributed by atoms with Gasteiger partial charge in [0.25, 0.3) is 0 Å². The van der Waals surface area contributed by atoms with Crippen LogP contribution in [0.4, 0.5) is 29.2 Å². The van der Waals surface area contributed by atoms with Crippen LogP contribution < -0.4 is 15.2 Å². The highest BCUT2D eigenvalue weighted by atomic mass is 19.4. The van der Waals surface area contributed by atoms with Crippen molar-refractivity contribution in [3.8, 4) is 5.75 Å². The number of fused-ring (bicyclic) bond motifs is 1. The number of ether oxygens (including phenoxy) is 1. The third kappa shape index (κ3) is 5.36. The molecule has 2 aromatic carbocycles. The average Bonchev–Trinajstić information content (AvgIpc) is 3.05. The lowest BCUT2D eigenvalue weighted by Crippen LogP contribution is -2.35. The molecule has 1 saturated carbocycles. The summed E-state index contributed by atoms with van der Waals surface area (Å²) in [6.45, 7) is 8.67. The van der Waals surface area contributed by atoms with Crippen LogP contribution in [0.2, 0.25) is 0 Å². The number of hydrogen-bond donors (Lipinski definition) is 1. The Hall–Kier alpha value is -3.30. The number of rotatable bonds is 5. The number of carbonyl (C=O) groups is 1. The predicted molar refractivity (Wildman–Crippen MR) is 121 cm³/mol. The van der Waals surface area contributed by atoms with Crippen LogP contribution in [-0.4, -0.2) is 21.9 Å². The first-order valence-corrected chi connectivity index (χ1v) is 11.2. The van der Waals surface area contributed by atoms with Crippen LogP contribution in [0.3, 0.4) is 0 Å². The number of aromatic carboxylic acids is 1. The van der Waals surface area contributed by atoms with Gasteiger partial charge in [-0.25, -0.2) is 9.37 Å². The molecule has 0 bridgehead atoms.